The van der Waals surface area contributed by atoms with Crippen LogP contribution in [0.25, 0.3) is 66.5 Å². The van der Waals surface area contributed by atoms with Gasteiger partial charge in [-0.15, -0.1) is 0 Å². The quantitative estimate of drug-likeness (QED) is 0.0883. The molecule has 3 N–H and O–H groups in total. The predicted octanol–water partition coefficient (Wildman–Crippen LogP) is 15.8. The van der Waals surface area contributed by atoms with Crippen LogP contribution in [-0.4, -0.2) is 105 Å². The number of furan rings is 3. The molecule has 2 aliphatic heterocycles. The van der Waals surface area contributed by atoms with Crippen molar-refractivity contribution in [3.63, 3.8) is 0 Å². The number of likely N-dealkylation sites (tertiary alicyclic amines) is 2. The summed E-state index contributed by atoms with van der Waals surface area (Å²) >= 11 is 3.15. The smallest absolute Gasteiger partial charge is 0.289 e. The number of halogens is 4. The highest BCUT2D eigenvalue weighted by Gasteiger charge is 2.26. The first kappa shape index (κ1) is 63.4. The summed E-state index contributed by atoms with van der Waals surface area (Å²) in [5.74, 6) is -0.850. The van der Waals surface area contributed by atoms with Crippen LogP contribution in [0.3, 0.4) is 0 Å². The Morgan fingerprint density at radius 2 is 0.988 bits per heavy atom. The van der Waals surface area contributed by atoms with Gasteiger partial charge >= 0.3 is 0 Å². The molecule has 86 heavy (non-hydrogen) atoms. The molecule has 10 aromatic rings. The second-order valence-electron chi connectivity index (χ2n) is 19.9. The van der Waals surface area contributed by atoms with Crippen molar-refractivity contribution in [2.24, 2.45) is 0 Å². The summed E-state index contributed by atoms with van der Waals surface area (Å²) in [7, 11) is 7.06. The van der Waals surface area contributed by atoms with E-state index in [0.717, 1.165) is 84.9 Å². The number of nitrogens with zero attached hydrogens (tertiary/aromatic N) is 4. The lowest BCUT2D eigenvalue weighted by atomic mass is 10.0. The summed E-state index contributed by atoms with van der Waals surface area (Å²) in [5, 5.41) is 8.12. The summed E-state index contributed by atoms with van der Waals surface area (Å²) in [6.07, 6.45) is 10.5. The van der Waals surface area contributed by atoms with Crippen molar-refractivity contribution in [1.29, 1.82) is 0 Å². The van der Waals surface area contributed by atoms with Crippen LogP contribution in [0.5, 0.6) is 0 Å². The minimum absolute atomic E-state index is 0.0197. The average Bonchev–Trinajstić information content (AvgIpc) is 2.49. The Labute approximate surface area is 505 Å². The third kappa shape index (κ3) is 14.7. The Morgan fingerprint density at radius 3 is 1.44 bits per heavy atom. The molecule has 4 amide bonds. The largest absolute Gasteiger partial charge is 0.455 e. The van der Waals surface area contributed by atoms with Gasteiger partial charge in [0.15, 0.2) is 17.2 Å². The summed E-state index contributed by atoms with van der Waals surface area (Å²) in [6, 6.07) is 35.8. The third-order valence-corrected chi connectivity index (χ3v) is 16.1. The number of hydrogen-bond acceptors (Lipinski definition) is 11. The van der Waals surface area contributed by atoms with Gasteiger partial charge in [0.2, 0.25) is 0 Å². The fraction of sp³-hybridized carbons (Fsp3) is 0.273. The highest BCUT2D eigenvalue weighted by molar-refractivity contribution is 8.00. The Kier molecular flexibility index (Phi) is 21.7. The second-order valence-corrected chi connectivity index (χ2v) is 21.7. The van der Waals surface area contributed by atoms with Crippen LogP contribution < -0.4 is 19.2 Å². The number of anilines is 2. The van der Waals surface area contributed by atoms with Crippen LogP contribution in [-0.2, 0) is 0 Å². The zero-order chi connectivity index (χ0) is 61.6. The number of aromatic amines is 1. The number of nitrogens with one attached hydrogen (secondary N) is 3. The monoisotopic (exact) mass is 1210 g/mol. The highest BCUT2D eigenvalue weighted by atomic mass is 32.2. The van der Waals surface area contributed by atoms with Crippen LogP contribution >= 0.6 is 23.9 Å². The Bertz CT molecular complexity index is 3810. The van der Waals surface area contributed by atoms with Crippen molar-refractivity contribution in [1.82, 2.24) is 25.4 Å². The molecule has 12 rings (SSSR count). The van der Waals surface area contributed by atoms with Crippen LogP contribution in [0.4, 0.5) is 28.9 Å². The van der Waals surface area contributed by atoms with Crippen molar-refractivity contribution in [3.8, 4) is 22.6 Å². The molecule has 6 heterocycles. The third-order valence-electron chi connectivity index (χ3n) is 14.5. The molecule has 0 saturated carbocycles. The normalized spacial score (nSPS) is 12.9. The first-order chi connectivity index (χ1) is 41.6. The molecular formula is C66H69F4N7O7S2. The Balaban J connectivity index is 0.000000149. The van der Waals surface area contributed by atoms with Crippen molar-refractivity contribution >= 4 is 103 Å². The van der Waals surface area contributed by atoms with Gasteiger partial charge in [-0.3, -0.25) is 19.2 Å². The maximum atomic E-state index is 13.5. The molecule has 0 atom stereocenters. The lowest BCUT2D eigenvalue weighted by Gasteiger charge is -2.26. The highest BCUT2D eigenvalue weighted by Crippen LogP contribution is 2.38. The SMILES string of the molecule is CC.CNC(=O)c1c(-c2ccc(F)cc2)oc2cc(N(C)SC)ccc12.CNC(=O)c1c(-c2ccc(F)cc2)oc2cc(N(C)SC)ccc12.O=C(c1cc2cc(F)ccc2[nH]1)N1CCCCC1.O=C(c1cc2cccc(F)c2o1)N1CCCCC1. The molecular weight excluding hydrogens is 1140 g/mol. The minimum Gasteiger partial charge on any atom is -0.455 e. The van der Waals surface area contributed by atoms with Gasteiger partial charge in [0.05, 0.1) is 22.5 Å². The fourth-order valence-electron chi connectivity index (χ4n) is 9.95. The molecule has 0 unspecified atom stereocenters. The van der Waals surface area contributed by atoms with Crippen LogP contribution in [0, 0.1) is 23.3 Å². The van der Waals surface area contributed by atoms with Gasteiger partial charge < -0.3 is 47.3 Å². The van der Waals surface area contributed by atoms with E-state index in [9.17, 15) is 36.7 Å². The van der Waals surface area contributed by atoms with E-state index >= 15 is 0 Å². The van der Waals surface area contributed by atoms with E-state index in [1.807, 2.05) is 90.4 Å². The number of H-pyrrole nitrogens is 1. The van der Waals surface area contributed by atoms with E-state index in [0.29, 0.717) is 56.0 Å². The van der Waals surface area contributed by atoms with E-state index in [1.165, 1.54) is 55.3 Å². The molecule has 2 saturated heterocycles. The Morgan fingerprint density at radius 1 is 0.523 bits per heavy atom. The van der Waals surface area contributed by atoms with Crippen molar-refractivity contribution in [3.05, 3.63) is 179 Å². The van der Waals surface area contributed by atoms with Gasteiger partial charge in [0, 0.05) is 117 Å². The van der Waals surface area contributed by atoms with Crippen LogP contribution in [0.15, 0.2) is 147 Å². The number of carbonyl (C=O) groups is 4. The zero-order valence-corrected chi connectivity index (χ0v) is 50.9. The number of fused-ring (bicyclic) bond motifs is 4. The molecule has 0 radical (unpaired) electrons. The lowest BCUT2D eigenvalue weighted by molar-refractivity contribution is 0.0692. The van der Waals surface area contributed by atoms with Gasteiger partial charge in [-0.05, 0) is 148 Å². The molecule has 4 aromatic heterocycles. The van der Waals surface area contributed by atoms with Gasteiger partial charge in [-0.25, -0.2) is 17.6 Å². The Hall–Kier alpha value is -8.62. The second kappa shape index (κ2) is 29.5. The lowest BCUT2D eigenvalue weighted by Crippen LogP contribution is -2.35. The predicted molar refractivity (Wildman–Crippen MR) is 339 cm³/mol. The van der Waals surface area contributed by atoms with Crippen molar-refractivity contribution in [2.45, 2.75) is 52.4 Å². The number of aromatic nitrogens is 1. The maximum absolute atomic E-state index is 13.5. The molecule has 450 valence electrons. The zero-order valence-electron chi connectivity index (χ0n) is 49.2. The van der Waals surface area contributed by atoms with Crippen molar-refractivity contribution < 1.29 is 50.0 Å². The van der Waals surface area contributed by atoms with Crippen LogP contribution in [0.1, 0.15) is 94.1 Å². The van der Waals surface area contributed by atoms with Crippen LogP contribution in [0.2, 0.25) is 0 Å². The van der Waals surface area contributed by atoms with E-state index in [4.69, 9.17) is 13.3 Å². The van der Waals surface area contributed by atoms with Gasteiger partial charge in [-0.1, -0.05) is 49.9 Å². The standard InChI is InChI=1S/2C18H17FN2O2S.C14H15FN2O.C14H14FNO2.C2H6/c2*1-20-18(22)16-14-9-8-13(21(2)24-3)10-15(14)23-17(16)11-4-6-12(19)7-5-11;15-11-4-5-12-10(8-11)9-13(16-12)14(18)17-6-2-1-3-7-17;15-11-6-4-5-10-9-12(18-13(10)11)14(17)16-7-2-1-3-8-16;1-2/h2*4-10H,1-3H3,(H,20,22);4-5,8-9,16H,1-3,6-7H2;4-6,9H,1-3,7-8H2;1-2H3. The number of amides is 4. The summed E-state index contributed by atoms with van der Waals surface area (Å²) in [6.45, 7) is 7.17. The molecule has 2 fully saturated rings. The number of rotatable bonds is 10. The number of hydrogen-bond donors (Lipinski definition) is 3. The summed E-state index contributed by atoms with van der Waals surface area (Å²) in [4.78, 5) is 55.9. The van der Waals surface area contributed by atoms with Gasteiger partial charge in [-0.2, -0.15) is 0 Å². The van der Waals surface area contributed by atoms with E-state index < -0.39 is 5.82 Å². The van der Waals surface area contributed by atoms with E-state index in [2.05, 4.69) is 15.6 Å². The first-order valence-corrected chi connectivity index (χ1v) is 30.7. The number of para-hydroxylation sites is 1. The molecule has 6 aromatic carbocycles. The maximum Gasteiger partial charge on any atom is 0.289 e. The van der Waals surface area contributed by atoms with Gasteiger partial charge in [0.25, 0.3) is 23.6 Å². The molecule has 14 nitrogen and oxygen atoms in total. The molecule has 2 aliphatic rings. The molecule has 20 heteroatoms. The number of carbonyl (C=O) groups excluding carboxylic acids is 4. The number of piperidine rings is 2. The summed E-state index contributed by atoms with van der Waals surface area (Å²) < 4.78 is 74.2. The number of benzene rings is 6. The first-order valence-electron chi connectivity index (χ1n) is 28.3. The van der Waals surface area contributed by atoms with E-state index in [1.54, 1.807) is 97.5 Å². The minimum atomic E-state index is -0.426. The fourth-order valence-corrected chi connectivity index (χ4v) is 10.6. The average molecular weight is 1210 g/mol. The van der Waals surface area contributed by atoms with Crippen molar-refractivity contribution in [2.75, 3.05) is 75.5 Å². The molecule has 0 aliphatic carbocycles. The van der Waals surface area contributed by atoms with E-state index in [-0.39, 0.29) is 52.4 Å². The molecule has 0 spiro atoms. The topological polar surface area (TPSA) is 161 Å². The summed E-state index contributed by atoms with van der Waals surface area (Å²) in [5.41, 5.74) is 6.92. The molecule has 0 bridgehead atoms. The van der Waals surface area contributed by atoms with Gasteiger partial charge in [0.1, 0.15) is 45.8 Å².